The summed E-state index contributed by atoms with van der Waals surface area (Å²) in [7, 11) is 0. The van der Waals surface area contributed by atoms with Crippen molar-refractivity contribution < 1.29 is 4.79 Å². The number of hydrogen-bond donors (Lipinski definition) is 1. The maximum atomic E-state index is 12.3. The van der Waals surface area contributed by atoms with Gasteiger partial charge in [0.15, 0.2) is 5.13 Å². The molecule has 1 amide bonds. The molecule has 4 rings (SSSR count). The third kappa shape index (κ3) is 4.11. The van der Waals surface area contributed by atoms with Crippen LogP contribution in [0.15, 0.2) is 60.1 Å². The molecule has 1 saturated heterocycles. The van der Waals surface area contributed by atoms with Crippen LogP contribution < -0.4 is 15.1 Å². The largest absolute Gasteiger partial charge is 0.368 e. The van der Waals surface area contributed by atoms with Crippen LogP contribution in [-0.2, 0) is 0 Å². The van der Waals surface area contributed by atoms with Crippen LogP contribution in [0.4, 0.5) is 16.5 Å². The Morgan fingerprint density at radius 2 is 1.63 bits per heavy atom. The molecule has 27 heavy (non-hydrogen) atoms. The summed E-state index contributed by atoms with van der Waals surface area (Å²) in [5.74, 6) is -0.0835. The zero-order valence-corrected chi connectivity index (χ0v) is 16.1. The van der Waals surface area contributed by atoms with Crippen LogP contribution >= 0.6 is 11.3 Å². The minimum atomic E-state index is -0.0835. The number of hydrogen-bond acceptors (Lipinski definition) is 5. The molecule has 0 atom stereocenters. The monoisotopic (exact) mass is 378 g/mol. The quantitative estimate of drug-likeness (QED) is 0.745. The number of carbonyl (C=O) groups excluding carboxylic acids is 1. The summed E-state index contributed by atoms with van der Waals surface area (Å²) < 4.78 is 0. The second-order valence-electron chi connectivity index (χ2n) is 6.66. The van der Waals surface area contributed by atoms with Gasteiger partial charge in [0.05, 0.1) is 0 Å². The fourth-order valence-electron chi connectivity index (χ4n) is 3.19. The second-order valence-corrected chi connectivity index (χ2v) is 7.53. The van der Waals surface area contributed by atoms with E-state index in [2.05, 4.69) is 32.2 Å². The molecule has 0 saturated carbocycles. The number of nitrogens with one attached hydrogen (secondary N) is 1. The molecule has 6 heteroatoms. The Labute approximate surface area is 163 Å². The van der Waals surface area contributed by atoms with Gasteiger partial charge in [0.2, 0.25) is 0 Å². The van der Waals surface area contributed by atoms with Crippen molar-refractivity contribution in [3.63, 3.8) is 0 Å². The average Bonchev–Trinajstić information content (AvgIpc) is 3.24. The molecule has 1 aromatic heterocycles. The normalized spacial score (nSPS) is 14.3. The second kappa shape index (κ2) is 7.80. The summed E-state index contributed by atoms with van der Waals surface area (Å²) in [4.78, 5) is 21.4. The van der Waals surface area contributed by atoms with Gasteiger partial charge >= 0.3 is 0 Å². The van der Waals surface area contributed by atoms with Gasteiger partial charge in [0.1, 0.15) is 0 Å². The van der Waals surface area contributed by atoms with E-state index in [-0.39, 0.29) is 5.91 Å². The Bertz CT molecular complexity index is 883. The summed E-state index contributed by atoms with van der Waals surface area (Å²) in [6.07, 6.45) is 1.86. The van der Waals surface area contributed by atoms with E-state index < -0.39 is 0 Å². The lowest BCUT2D eigenvalue weighted by Crippen LogP contribution is -2.46. The highest BCUT2D eigenvalue weighted by Crippen LogP contribution is 2.23. The third-order valence-electron chi connectivity index (χ3n) is 4.77. The molecular weight excluding hydrogens is 356 g/mol. The fraction of sp³-hybridized carbons (Fsp3) is 0.238. The van der Waals surface area contributed by atoms with Crippen LogP contribution in [0.3, 0.4) is 0 Å². The van der Waals surface area contributed by atoms with Crippen molar-refractivity contribution in [3.05, 3.63) is 71.2 Å². The average molecular weight is 379 g/mol. The molecule has 2 heterocycles. The SMILES string of the molecule is Cc1ccc(C(=O)Nc2ccc(N3CCN(c4nccs4)CC3)cc2)cc1. The highest BCUT2D eigenvalue weighted by atomic mass is 32.1. The molecule has 2 aromatic carbocycles. The summed E-state index contributed by atoms with van der Waals surface area (Å²) >= 11 is 1.69. The zero-order chi connectivity index (χ0) is 18.6. The smallest absolute Gasteiger partial charge is 0.255 e. The van der Waals surface area contributed by atoms with Crippen molar-refractivity contribution in [2.24, 2.45) is 0 Å². The van der Waals surface area contributed by atoms with Crippen molar-refractivity contribution in [1.29, 1.82) is 0 Å². The first kappa shape index (κ1) is 17.5. The summed E-state index contributed by atoms with van der Waals surface area (Å²) in [6.45, 7) is 5.89. The van der Waals surface area contributed by atoms with Crippen LogP contribution in [0.2, 0.25) is 0 Å². The van der Waals surface area contributed by atoms with Gasteiger partial charge in [-0.2, -0.15) is 0 Å². The maximum Gasteiger partial charge on any atom is 0.255 e. The van der Waals surface area contributed by atoms with E-state index in [4.69, 9.17) is 0 Å². The van der Waals surface area contributed by atoms with E-state index in [1.807, 2.05) is 54.9 Å². The van der Waals surface area contributed by atoms with Gasteiger partial charge in [-0.1, -0.05) is 17.7 Å². The van der Waals surface area contributed by atoms with Gasteiger partial charge in [-0.3, -0.25) is 4.79 Å². The number of anilines is 3. The van der Waals surface area contributed by atoms with Gasteiger partial charge in [-0.15, -0.1) is 11.3 Å². The topological polar surface area (TPSA) is 48.5 Å². The first-order valence-electron chi connectivity index (χ1n) is 9.06. The molecule has 0 unspecified atom stereocenters. The van der Waals surface area contributed by atoms with Gasteiger partial charge in [0, 0.05) is 54.7 Å². The van der Waals surface area contributed by atoms with E-state index in [0.29, 0.717) is 5.56 Å². The standard InChI is InChI=1S/C21H22N4OS/c1-16-2-4-17(5-3-16)20(26)23-18-6-8-19(9-7-18)24-11-13-25(14-12-24)21-22-10-15-27-21/h2-10,15H,11-14H2,1H3,(H,23,26). The molecule has 3 aromatic rings. The first-order chi connectivity index (χ1) is 13.2. The number of aryl methyl sites for hydroxylation is 1. The molecule has 1 fully saturated rings. The lowest BCUT2D eigenvalue weighted by molar-refractivity contribution is 0.102. The Hall–Kier alpha value is -2.86. The van der Waals surface area contributed by atoms with Crippen molar-refractivity contribution in [2.45, 2.75) is 6.92 Å². The Morgan fingerprint density at radius 3 is 2.26 bits per heavy atom. The van der Waals surface area contributed by atoms with Gasteiger partial charge in [-0.25, -0.2) is 4.98 Å². The van der Waals surface area contributed by atoms with E-state index in [1.165, 1.54) is 5.69 Å². The summed E-state index contributed by atoms with van der Waals surface area (Å²) in [6, 6.07) is 15.7. The van der Waals surface area contributed by atoms with Crippen LogP contribution in [0.5, 0.6) is 0 Å². The number of benzene rings is 2. The fourth-order valence-corrected chi connectivity index (χ4v) is 3.89. The number of amides is 1. The Kier molecular flexibility index (Phi) is 5.07. The molecule has 5 nitrogen and oxygen atoms in total. The van der Waals surface area contributed by atoms with E-state index >= 15 is 0 Å². The van der Waals surface area contributed by atoms with E-state index in [1.54, 1.807) is 11.3 Å². The highest BCUT2D eigenvalue weighted by Gasteiger charge is 2.18. The lowest BCUT2D eigenvalue weighted by atomic mass is 10.1. The van der Waals surface area contributed by atoms with E-state index in [0.717, 1.165) is 42.6 Å². The predicted molar refractivity (Wildman–Crippen MR) is 112 cm³/mol. The van der Waals surface area contributed by atoms with Crippen LogP contribution in [0.1, 0.15) is 15.9 Å². The number of nitrogens with zero attached hydrogens (tertiary/aromatic N) is 3. The number of piperazine rings is 1. The number of carbonyl (C=O) groups is 1. The van der Waals surface area contributed by atoms with E-state index in [9.17, 15) is 4.79 Å². The van der Waals surface area contributed by atoms with Gasteiger partial charge in [0.25, 0.3) is 5.91 Å². The molecule has 0 radical (unpaired) electrons. The lowest BCUT2D eigenvalue weighted by Gasteiger charge is -2.36. The van der Waals surface area contributed by atoms with Crippen LogP contribution in [0, 0.1) is 6.92 Å². The highest BCUT2D eigenvalue weighted by molar-refractivity contribution is 7.13. The van der Waals surface area contributed by atoms with Crippen LogP contribution in [0.25, 0.3) is 0 Å². The number of thiazole rings is 1. The molecule has 0 spiro atoms. The van der Waals surface area contributed by atoms with Crippen molar-refractivity contribution in [2.75, 3.05) is 41.3 Å². The molecule has 138 valence electrons. The molecular formula is C21H22N4OS. The van der Waals surface area contributed by atoms with Gasteiger partial charge in [-0.05, 0) is 43.3 Å². The minimum absolute atomic E-state index is 0.0835. The maximum absolute atomic E-state index is 12.3. The van der Waals surface area contributed by atoms with Gasteiger partial charge < -0.3 is 15.1 Å². The minimum Gasteiger partial charge on any atom is -0.368 e. The Morgan fingerprint density at radius 1 is 0.963 bits per heavy atom. The number of aromatic nitrogens is 1. The summed E-state index contributed by atoms with van der Waals surface area (Å²) in [5.41, 5.74) is 3.81. The molecule has 1 aliphatic rings. The Balaban J connectivity index is 1.35. The zero-order valence-electron chi connectivity index (χ0n) is 15.3. The molecule has 1 aliphatic heterocycles. The number of rotatable bonds is 4. The summed E-state index contributed by atoms with van der Waals surface area (Å²) in [5, 5.41) is 6.08. The molecule has 1 N–H and O–H groups in total. The predicted octanol–water partition coefficient (Wildman–Crippen LogP) is 4.03. The molecule has 0 aliphatic carbocycles. The third-order valence-corrected chi connectivity index (χ3v) is 5.61. The van der Waals surface area contributed by atoms with Crippen molar-refractivity contribution >= 4 is 33.8 Å². The first-order valence-corrected chi connectivity index (χ1v) is 9.94. The van der Waals surface area contributed by atoms with Crippen molar-refractivity contribution in [3.8, 4) is 0 Å². The van der Waals surface area contributed by atoms with Crippen LogP contribution in [-0.4, -0.2) is 37.1 Å². The van der Waals surface area contributed by atoms with Crippen molar-refractivity contribution in [1.82, 2.24) is 4.98 Å². The molecule has 0 bridgehead atoms.